The number of alkyl halides is 3. The minimum absolute atomic E-state index is 0.140. The van der Waals surface area contributed by atoms with Gasteiger partial charge in [0.25, 0.3) is 11.6 Å². The lowest BCUT2D eigenvalue weighted by Gasteiger charge is -2.38. The molecule has 0 spiro atoms. The Labute approximate surface area is 155 Å². The molecule has 2 aliphatic rings. The third-order valence-electron chi connectivity index (χ3n) is 5.51. The topological polar surface area (TPSA) is 62.1 Å². The molecule has 1 aliphatic carbocycles. The number of benzene rings is 1. The minimum atomic E-state index is -5.02. The van der Waals surface area contributed by atoms with Crippen LogP contribution in [0.1, 0.15) is 37.3 Å². The van der Waals surface area contributed by atoms with Crippen molar-refractivity contribution < 1.29 is 27.8 Å². The molecule has 1 heterocycles. The van der Waals surface area contributed by atoms with Crippen LogP contribution in [0.5, 0.6) is 5.75 Å². The van der Waals surface area contributed by atoms with Gasteiger partial charge in [-0.2, -0.15) is 23.3 Å². The summed E-state index contributed by atoms with van der Waals surface area (Å²) in [5, 5.41) is 14.7. The molecule has 27 heavy (non-hydrogen) atoms. The number of rotatable bonds is 3. The normalized spacial score (nSPS) is 28.0. The van der Waals surface area contributed by atoms with E-state index < -0.39 is 30.3 Å². The molecule has 0 radical (unpaired) electrons. The molecule has 3 atom stereocenters. The Balaban J connectivity index is 1.83. The minimum Gasteiger partial charge on any atom is -0.484 e. The number of hydrazone groups is 1. The van der Waals surface area contributed by atoms with Gasteiger partial charge in [-0.05, 0) is 55.9 Å². The largest absolute Gasteiger partial charge is 0.484 e. The Morgan fingerprint density at radius 3 is 2.67 bits per heavy atom. The lowest BCUT2D eigenvalue weighted by Crippen LogP contribution is -2.62. The maximum atomic E-state index is 13.8. The second-order valence-corrected chi connectivity index (χ2v) is 7.37. The number of amides is 1. The first-order valence-electron chi connectivity index (χ1n) is 8.96. The third kappa shape index (κ3) is 3.31. The molecule has 0 bridgehead atoms. The number of fused-ring (bicyclic) bond motifs is 1. The van der Waals surface area contributed by atoms with Gasteiger partial charge in [0.1, 0.15) is 5.75 Å². The molecule has 1 N–H and O–H groups in total. The van der Waals surface area contributed by atoms with Gasteiger partial charge in [0.15, 0.2) is 6.61 Å². The highest BCUT2D eigenvalue weighted by atomic mass is 19.4. The average Bonchev–Trinajstić information content (AvgIpc) is 2.91. The summed E-state index contributed by atoms with van der Waals surface area (Å²) in [7, 11) is 0. The van der Waals surface area contributed by atoms with Gasteiger partial charge in [-0.25, -0.2) is 0 Å². The summed E-state index contributed by atoms with van der Waals surface area (Å²) >= 11 is 0. The number of aryl methyl sites for hydroxylation is 2. The van der Waals surface area contributed by atoms with E-state index in [9.17, 15) is 23.1 Å². The number of nitrogens with zero attached hydrogens (tertiary/aromatic N) is 2. The number of hydrogen-bond acceptors (Lipinski definition) is 4. The molecular formula is C19H23F3N2O3. The van der Waals surface area contributed by atoms with Crippen molar-refractivity contribution in [1.29, 1.82) is 0 Å². The highest BCUT2D eigenvalue weighted by Gasteiger charge is 2.69. The van der Waals surface area contributed by atoms with Crippen molar-refractivity contribution in [3.8, 4) is 5.75 Å². The van der Waals surface area contributed by atoms with Crippen molar-refractivity contribution in [3.05, 3.63) is 29.3 Å². The zero-order valence-corrected chi connectivity index (χ0v) is 15.5. The van der Waals surface area contributed by atoms with Crippen molar-refractivity contribution in [2.75, 3.05) is 6.61 Å². The summed E-state index contributed by atoms with van der Waals surface area (Å²) in [5.74, 6) is -2.09. The molecular weight excluding hydrogens is 361 g/mol. The molecule has 5 nitrogen and oxygen atoms in total. The van der Waals surface area contributed by atoms with Crippen LogP contribution >= 0.6 is 0 Å². The molecule has 0 aromatic heterocycles. The van der Waals surface area contributed by atoms with E-state index in [-0.39, 0.29) is 23.1 Å². The van der Waals surface area contributed by atoms with Gasteiger partial charge in [0.05, 0.1) is 5.92 Å². The summed E-state index contributed by atoms with van der Waals surface area (Å²) in [6, 6.07) is 5.15. The maximum absolute atomic E-state index is 13.8. The SMILES string of the molecule is Cc1ccc(OCC(=O)N2N=C3[C@H](C)CCC[C@H]3[C@@]2(O)C(F)(F)F)cc1C. The van der Waals surface area contributed by atoms with E-state index in [1.165, 1.54) is 0 Å². The Kier molecular flexibility index (Phi) is 4.96. The first-order valence-corrected chi connectivity index (χ1v) is 8.96. The van der Waals surface area contributed by atoms with Crippen LogP contribution in [-0.4, -0.2) is 40.2 Å². The Morgan fingerprint density at radius 1 is 1.33 bits per heavy atom. The number of hydrogen-bond donors (Lipinski definition) is 1. The Hall–Kier alpha value is -2.09. The molecule has 1 aromatic carbocycles. The third-order valence-corrected chi connectivity index (χ3v) is 5.51. The highest BCUT2D eigenvalue weighted by molar-refractivity contribution is 5.95. The predicted octanol–water partition coefficient (Wildman–Crippen LogP) is 3.57. The summed E-state index contributed by atoms with van der Waals surface area (Å²) in [4.78, 5) is 12.5. The molecule has 3 rings (SSSR count). The van der Waals surface area contributed by atoms with Crippen LogP contribution in [0.3, 0.4) is 0 Å². The van der Waals surface area contributed by atoms with Crippen molar-refractivity contribution in [2.24, 2.45) is 16.9 Å². The predicted molar refractivity (Wildman–Crippen MR) is 93.2 cm³/mol. The quantitative estimate of drug-likeness (QED) is 0.867. The average molecular weight is 384 g/mol. The van der Waals surface area contributed by atoms with E-state index in [2.05, 4.69) is 5.10 Å². The maximum Gasteiger partial charge on any atom is 0.439 e. The van der Waals surface area contributed by atoms with Gasteiger partial charge in [0.2, 0.25) is 0 Å². The summed E-state index contributed by atoms with van der Waals surface area (Å²) < 4.78 is 46.6. The number of halogens is 3. The molecule has 1 aromatic rings. The van der Waals surface area contributed by atoms with Gasteiger partial charge in [-0.3, -0.25) is 4.79 Å². The van der Waals surface area contributed by atoms with E-state index in [0.717, 1.165) is 11.1 Å². The monoisotopic (exact) mass is 384 g/mol. The van der Waals surface area contributed by atoms with Crippen LogP contribution in [0, 0.1) is 25.7 Å². The van der Waals surface area contributed by atoms with Crippen molar-refractivity contribution in [1.82, 2.24) is 5.01 Å². The van der Waals surface area contributed by atoms with E-state index in [1.54, 1.807) is 25.1 Å². The molecule has 1 fully saturated rings. The molecule has 0 saturated heterocycles. The summed E-state index contributed by atoms with van der Waals surface area (Å²) in [5.41, 5.74) is -1.11. The molecule has 8 heteroatoms. The first-order chi connectivity index (χ1) is 12.6. The fourth-order valence-electron chi connectivity index (χ4n) is 3.76. The second kappa shape index (κ2) is 6.82. The molecule has 0 unspecified atom stereocenters. The van der Waals surface area contributed by atoms with E-state index in [4.69, 9.17) is 4.74 Å². The van der Waals surface area contributed by atoms with Crippen LogP contribution in [0.15, 0.2) is 23.3 Å². The van der Waals surface area contributed by atoms with Crippen LogP contribution in [0.4, 0.5) is 13.2 Å². The molecule has 1 aliphatic heterocycles. The van der Waals surface area contributed by atoms with Crippen molar-refractivity contribution in [2.45, 2.75) is 51.9 Å². The second-order valence-electron chi connectivity index (χ2n) is 7.37. The molecule has 1 amide bonds. The highest BCUT2D eigenvalue weighted by Crippen LogP contribution is 2.49. The lowest BCUT2D eigenvalue weighted by atomic mass is 9.75. The van der Waals surface area contributed by atoms with E-state index in [1.807, 2.05) is 13.8 Å². The van der Waals surface area contributed by atoms with Gasteiger partial charge in [-0.1, -0.05) is 19.4 Å². The fraction of sp³-hybridized carbons (Fsp3) is 0.579. The van der Waals surface area contributed by atoms with Gasteiger partial charge in [0, 0.05) is 5.71 Å². The van der Waals surface area contributed by atoms with Gasteiger partial charge >= 0.3 is 6.18 Å². The smallest absolute Gasteiger partial charge is 0.439 e. The summed E-state index contributed by atoms with van der Waals surface area (Å²) in [6.07, 6.45) is -3.65. The van der Waals surface area contributed by atoms with Crippen LogP contribution < -0.4 is 4.74 Å². The number of carbonyl (C=O) groups is 1. The summed E-state index contributed by atoms with van der Waals surface area (Å²) in [6.45, 7) is 4.90. The van der Waals surface area contributed by atoms with E-state index >= 15 is 0 Å². The fourth-order valence-corrected chi connectivity index (χ4v) is 3.76. The van der Waals surface area contributed by atoms with Crippen LogP contribution in [0.25, 0.3) is 0 Å². The van der Waals surface area contributed by atoms with Crippen molar-refractivity contribution >= 4 is 11.6 Å². The zero-order valence-electron chi connectivity index (χ0n) is 15.5. The zero-order chi connectivity index (χ0) is 20.0. The number of ether oxygens (including phenoxy) is 1. The Bertz CT molecular complexity index is 778. The van der Waals surface area contributed by atoms with E-state index in [0.29, 0.717) is 18.6 Å². The number of carbonyl (C=O) groups excluding carboxylic acids is 1. The Morgan fingerprint density at radius 2 is 2.04 bits per heavy atom. The first kappa shape index (κ1) is 19.7. The molecule has 148 valence electrons. The van der Waals surface area contributed by atoms with Crippen molar-refractivity contribution in [3.63, 3.8) is 0 Å². The van der Waals surface area contributed by atoms with Crippen LogP contribution in [0.2, 0.25) is 0 Å². The van der Waals surface area contributed by atoms with Crippen LogP contribution in [-0.2, 0) is 4.79 Å². The lowest BCUT2D eigenvalue weighted by molar-refractivity contribution is -0.317. The van der Waals surface area contributed by atoms with Gasteiger partial charge < -0.3 is 9.84 Å². The number of aliphatic hydroxyl groups is 1. The molecule has 1 saturated carbocycles. The van der Waals surface area contributed by atoms with Gasteiger partial charge in [-0.15, -0.1) is 0 Å². The standard InChI is InChI=1S/C19H23F3N2O3/c1-11-7-8-14(9-13(11)3)27-10-16(25)24-18(26,19(20,21)22)15-6-4-5-12(2)17(15)23-24/h7-9,12,15,26H,4-6,10H2,1-3H3/t12-,15-,18-/m1/s1.